The minimum absolute atomic E-state index is 0. The summed E-state index contributed by atoms with van der Waals surface area (Å²) in [4.78, 5) is 31.0. The molecule has 0 rings (SSSR count). The summed E-state index contributed by atoms with van der Waals surface area (Å²) in [5.41, 5.74) is 0. The van der Waals surface area contributed by atoms with Crippen LogP contribution in [0.4, 0.5) is 0 Å². The second-order valence-corrected chi connectivity index (χ2v) is 3.68. The summed E-state index contributed by atoms with van der Waals surface area (Å²) in [7, 11) is -10.1. The molecule has 0 amide bonds. The van der Waals surface area contributed by atoms with E-state index < -0.39 is 15.6 Å². The minimum Gasteiger partial charge on any atom is -0.302 e. The number of phosphoric acid groups is 2. The molecule has 7 nitrogen and oxygen atoms in total. The van der Waals surface area contributed by atoms with Crippen LogP contribution in [0.1, 0.15) is 0 Å². The van der Waals surface area contributed by atoms with E-state index in [1.165, 1.54) is 0 Å². The molecule has 0 atom stereocenters. The van der Waals surface area contributed by atoms with Crippen molar-refractivity contribution in [3.63, 3.8) is 0 Å². The zero-order valence-corrected chi connectivity index (χ0v) is 9.34. The Morgan fingerprint density at radius 2 is 1.09 bits per heavy atom. The minimum atomic E-state index is -5.05. The first-order valence-corrected chi connectivity index (χ1v) is 4.59. The average molecular weight is 348 g/mol. The Hall–Kier alpha value is 2.17. The second kappa shape index (κ2) is 6.60. The van der Waals surface area contributed by atoms with Gasteiger partial charge < -0.3 is 19.6 Å². The third-order valence-electron chi connectivity index (χ3n) is 0.213. The van der Waals surface area contributed by atoms with Crippen molar-refractivity contribution >= 4 is 33.0 Å². The molecule has 66 valence electrons. The van der Waals surface area contributed by atoms with Crippen LogP contribution in [0.5, 0.6) is 0 Å². The molecule has 0 aliphatic heterocycles. The van der Waals surface area contributed by atoms with Gasteiger partial charge in [-0.05, 0) is 0 Å². The fraction of sp³-hybridized carbons (Fsp3) is 0. The van der Waals surface area contributed by atoms with Gasteiger partial charge in [-0.3, -0.25) is 0 Å². The molecule has 11 heavy (non-hydrogen) atoms. The molecule has 11 heteroatoms. The molecule has 0 aromatic heterocycles. The molecule has 0 unspecified atom stereocenters. The Kier molecular flexibility index (Phi) is 11.3. The topological polar surface area (TPSA) is 124 Å². The van der Waals surface area contributed by atoms with E-state index in [0.29, 0.717) is 0 Å². The van der Waals surface area contributed by atoms with Gasteiger partial charge in [0, 0.05) is 41.7 Å². The molecular formula is H7AlCeO7P2. The molecule has 0 saturated heterocycles. The maximum Gasteiger partial charge on any atom is 0.478 e. The van der Waals surface area contributed by atoms with Gasteiger partial charge in [-0.2, -0.15) is 4.31 Å². The van der Waals surface area contributed by atoms with Crippen LogP contribution >= 0.6 is 15.6 Å². The van der Waals surface area contributed by atoms with Crippen molar-refractivity contribution < 1.29 is 74.8 Å². The summed E-state index contributed by atoms with van der Waals surface area (Å²) in [6.45, 7) is 0. The molecule has 0 aliphatic rings. The van der Waals surface area contributed by atoms with Crippen molar-refractivity contribution in [2.45, 2.75) is 0 Å². The molecule has 0 fully saturated rings. The Labute approximate surface area is 107 Å². The zero-order valence-electron chi connectivity index (χ0n) is 4.41. The fourth-order valence-corrected chi connectivity index (χ4v) is 1.25. The summed E-state index contributed by atoms with van der Waals surface area (Å²) in [6, 6.07) is 0. The van der Waals surface area contributed by atoms with Crippen LogP contribution in [0.15, 0.2) is 0 Å². The van der Waals surface area contributed by atoms with Gasteiger partial charge in [0.2, 0.25) is 0 Å². The van der Waals surface area contributed by atoms with E-state index in [1.54, 1.807) is 0 Å². The normalized spacial score (nSPS) is 11.3. The van der Waals surface area contributed by atoms with Crippen LogP contribution in [0, 0.1) is 41.7 Å². The van der Waals surface area contributed by atoms with Crippen molar-refractivity contribution in [1.29, 1.82) is 0 Å². The average Bonchev–Trinajstić information content (AvgIpc) is 1.14. The van der Waals surface area contributed by atoms with Crippen LogP contribution in [-0.2, 0) is 13.4 Å². The predicted molar refractivity (Wildman–Crippen MR) is 35.1 cm³/mol. The Balaban J connectivity index is -0.000000320. The van der Waals surface area contributed by atoms with Gasteiger partial charge >= 0.3 is 15.6 Å². The van der Waals surface area contributed by atoms with Gasteiger partial charge in [0.1, 0.15) is 0 Å². The summed E-state index contributed by atoms with van der Waals surface area (Å²) in [5, 5.41) is 0. The van der Waals surface area contributed by atoms with Crippen LogP contribution in [0.2, 0.25) is 0 Å². The van der Waals surface area contributed by atoms with Crippen molar-refractivity contribution in [1.82, 2.24) is 0 Å². The first-order chi connectivity index (χ1) is 3.71. The molecule has 0 heterocycles. The summed E-state index contributed by atoms with van der Waals surface area (Å²) in [6.07, 6.45) is 0. The largest absolute Gasteiger partial charge is 0.478 e. The third kappa shape index (κ3) is 18.9. The van der Waals surface area contributed by atoms with Crippen molar-refractivity contribution in [2.75, 3.05) is 0 Å². The van der Waals surface area contributed by atoms with E-state index in [-0.39, 0.29) is 59.1 Å². The molecular weight excluding hydrogens is 341 g/mol. The maximum atomic E-state index is 9.63. The molecule has 0 spiro atoms. The third-order valence-corrected chi connectivity index (χ3v) is 1.91. The molecule has 0 bridgehead atoms. The molecule has 0 aromatic rings. The van der Waals surface area contributed by atoms with Crippen LogP contribution in [0.3, 0.4) is 0 Å². The van der Waals surface area contributed by atoms with Gasteiger partial charge in [0.05, 0.1) is 0 Å². The van der Waals surface area contributed by atoms with E-state index >= 15 is 0 Å². The van der Waals surface area contributed by atoms with Crippen molar-refractivity contribution in [3.8, 4) is 0 Å². The zero-order chi connectivity index (χ0) is 7.71. The summed E-state index contributed by atoms with van der Waals surface area (Å²) < 4.78 is 22.2. The van der Waals surface area contributed by atoms with Crippen LogP contribution in [0.25, 0.3) is 0 Å². The Bertz CT molecular complexity index is 157. The Morgan fingerprint density at radius 1 is 0.909 bits per heavy atom. The van der Waals surface area contributed by atoms with Gasteiger partial charge in [-0.15, -0.1) is 0 Å². The molecule has 4 N–H and O–H groups in total. The first-order valence-electron chi connectivity index (χ1n) is 1.53. The molecule has 0 aromatic carbocycles. The number of hydrogen-bond acceptors (Lipinski definition) is 3. The second-order valence-electron chi connectivity index (χ2n) is 1.06. The quantitative estimate of drug-likeness (QED) is 0.336. The summed E-state index contributed by atoms with van der Waals surface area (Å²) in [5.74, 6) is 0. The monoisotopic (exact) mass is 348 g/mol. The van der Waals surface area contributed by atoms with E-state index in [9.17, 15) is 9.13 Å². The fourth-order valence-electron chi connectivity index (χ4n) is 0.139. The maximum absolute atomic E-state index is 9.63. The van der Waals surface area contributed by atoms with E-state index in [4.69, 9.17) is 19.6 Å². The predicted octanol–water partition coefficient (Wildman–Crippen LogP) is -2.00. The Morgan fingerprint density at radius 3 is 1.09 bits per heavy atom. The number of rotatable bonds is 2. The smallest absolute Gasteiger partial charge is 0.302 e. The standard InChI is InChI=1S/Al.Ce.H4O7P2.3H/c;;1-8(2,3)7-9(4,5)6;;;/h;;(H2,1,2,3)(H2,4,5,6);;;. The molecule has 0 aliphatic carbocycles. The van der Waals surface area contributed by atoms with Gasteiger partial charge in [0.25, 0.3) is 0 Å². The van der Waals surface area contributed by atoms with Gasteiger partial charge in [0.15, 0.2) is 17.4 Å². The van der Waals surface area contributed by atoms with Crippen LogP contribution < -0.4 is 0 Å². The first kappa shape index (κ1) is 18.9. The van der Waals surface area contributed by atoms with Gasteiger partial charge in [-0.1, -0.05) is 0 Å². The van der Waals surface area contributed by atoms with Crippen LogP contribution in [-0.4, -0.2) is 36.9 Å². The SMILES string of the molecule is O=P(O)(O)OP(=O)(O)O.[AlH3].[Ce]. The number of hydrogen-bond donors (Lipinski definition) is 4. The van der Waals surface area contributed by atoms with Crippen molar-refractivity contribution in [2.24, 2.45) is 0 Å². The van der Waals surface area contributed by atoms with Crippen molar-refractivity contribution in [3.05, 3.63) is 0 Å². The molecule has 0 saturated carbocycles. The van der Waals surface area contributed by atoms with E-state index in [0.717, 1.165) is 0 Å². The summed E-state index contributed by atoms with van der Waals surface area (Å²) >= 11 is 0. The van der Waals surface area contributed by atoms with Gasteiger partial charge in [-0.25, -0.2) is 9.13 Å². The molecule has 0 radical (unpaired) electrons. The van der Waals surface area contributed by atoms with E-state index in [1.807, 2.05) is 0 Å². The van der Waals surface area contributed by atoms with E-state index in [2.05, 4.69) is 4.31 Å².